The lowest BCUT2D eigenvalue weighted by Gasteiger charge is -2.25. The smallest absolute Gasteiger partial charge is 0.210 e. The molecule has 0 aromatic carbocycles. The molecule has 0 bridgehead atoms. The van der Waals surface area contributed by atoms with Gasteiger partial charge in [0, 0.05) is 30.2 Å². The highest BCUT2D eigenvalue weighted by molar-refractivity contribution is 6.07. The fraction of sp³-hybridized carbons (Fsp3) is 0.333. The summed E-state index contributed by atoms with van der Waals surface area (Å²) < 4.78 is 2.12. The van der Waals surface area contributed by atoms with Crippen LogP contribution in [0.15, 0.2) is 42.9 Å². The van der Waals surface area contributed by atoms with E-state index in [0.29, 0.717) is 11.6 Å². The number of nitrogens with zero attached hydrogens (tertiary/aromatic N) is 2. The summed E-state index contributed by atoms with van der Waals surface area (Å²) >= 11 is 0. The van der Waals surface area contributed by atoms with E-state index in [1.165, 1.54) is 0 Å². The Hall–Kier alpha value is -1.94. The van der Waals surface area contributed by atoms with Gasteiger partial charge in [0.1, 0.15) is 0 Å². The predicted molar refractivity (Wildman–Crippen MR) is 73.2 cm³/mol. The molecule has 1 aliphatic rings. The van der Waals surface area contributed by atoms with Crippen LogP contribution in [0.25, 0.3) is 0 Å². The molecule has 2 aromatic heterocycles. The van der Waals surface area contributed by atoms with Crippen LogP contribution in [0.3, 0.4) is 0 Å². The molecule has 2 aromatic rings. The van der Waals surface area contributed by atoms with E-state index in [4.69, 9.17) is 0 Å². The maximum atomic E-state index is 12.5. The molecule has 1 fully saturated rings. The highest BCUT2D eigenvalue weighted by Crippen LogP contribution is 2.22. The van der Waals surface area contributed by atoms with E-state index in [1.807, 2.05) is 24.4 Å². The van der Waals surface area contributed by atoms with Crippen LogP contribution in [0.4, 0.5) is 0 Å². The minimum absolute atomic E-state index is 0.0524. The Kier molecular flexibility index (Phi) is 3.42. The van der Waals surface area contributed by atoms with Gasteiger partial charge in [-0.2, -0.15) is 0 Å². The van der Waals surface area contributed by atoms with Crippen molar-refractivity contribution in [1.29, 1.82) is 0 Å². The van der Waals surface area contributed by atoms with Gasteiger partial charge in [-0.3, -0.25) is 9.78 Å². The lowest BCUT2D eigenvalue weighted by Crippen LogP contribution is -2.30. The number of hydrogen-bond donors (Lipinski definition) is 1. The van der Waals surface area contributed by atoms with Crippen LogP contribution in [0.2, 0.25) is 0 Å². The highest BCUT2D eigenvalue weighted by atomic mass is 16.1. The molecule has 4 heteroatoms. The van der Waals surface area contributed by atoms with Crippen LogP contribution < -0.4 is 5.32 Å². The summed E-state index contributed by atoms with van der Waals surface area (Å²) in [7, 11) is 0. The Morgan fingerprint density at radius 3 is 2.84 bits per heavy atom. The molecule has 0 radical (unpaired) electrons. The van der Waals surface area contributed by atoms with Gasteiger partial charge in [0.05, 0.1) is 5.69 Å². The topological polar surface area (TPSA) is 46.9 Å². The minimum atomic E-state index is 0.0524. The summed E-state index contributed by atoms with van der Waals surface area (Å²) in [6.45, 7) is 2.03. The van der Waals surface area contributed by atoms with Gasteiger partial charge < -0.3 is 9.88 Å². The zero-order chi connectivity index (χ0) is 13.1. The van der Waals surface area contributed by atoms with E-state index in [-0.39, 0.29) is 5.78 Å². The molecule has 1 aliphatic heterocycles. The second kappa shape index (κ2) is 5.36. The zero-order valence-electron chi connectivity index (χ0n) is 10.7. The SMILES string of the molecule is O=C(c1cccnc1)c1cccn1C1CCNCC1. The molecule has 98 valence electrons. The maximum absolute atomic E-state index is 12.5. The van der Waals surface area contributed by atoms with Gasteiger partial charge in [-0.25, -0.2) is 0 Å². The second-order valence-corrected chi connectivity index (χ2v) is 4.85. The number of carbonyl (C=O) groups is 1. The van der Waals surface area contributed by atoms with Gasteiger partial charge in [0.15, 0.2) is 0 Å². The third-order valence-electron chi connectivity index (χ3n) is 3.64. The number of carbonyl (C=O) groups excluding carboxylic acids is 1. The molecule has 1 N–H and O–H groups in total. The summed E-state index contributed by atoms with van der Waals surface area (Å²) in [5.41, 5.74) is 1.41. The molecule has 0 spiro atoms. The van der Waals surface area contributed by atoms with Crippen molar-refractivity contribution in [2.75, 3.05) is 13.1 Å². The molecular formula is C15H17N3O. The average molecular weight is 255 g/mol. The lowest BCUT2D eigenvalue weighted by atomic mass is 10.0. The largest absolute Gasteiger partial charge is 0.342 e. The first-order valence-corrected chi connectivity index (χ1v) is 6.68. The predicted octanol–water partition coefficient (Wildman–Crippen LogP) is 2.04. The quantitative estimate of drug-likeness (QED) is 0.854. The Bertz CT molecular complexity index is 556. The van der Waals surface area contributed by atoms with Gasteiger partial charge in [0.25, 0.3) is 0 Å². The number of pyridine rings is 1. The molecular weight excluding hydrogens is 238 g/mol. The number of ketones is 1. The average Bonchev–Trinajstić information content (AvgIpc) is 2.98. The second-order valence-electron chi connectivity index (χ2n) is 4.85. The van der Waals surface area contributed by atoms with Crippen LogP contribution in [0.5, 0.6) is 0 Å². The molecule has 1 saturated heterocycles. The molecule has 0 aliphatic carbocycles. The van der Waals surface area contributed by atoms with E-state index in [0.717, 1.165) is 31.6 Å². The molecule has 0 amide bonds. The van der Waals surface area contributed by atoms with Crippen LogP contribution in [0.1, 0.15) is 34.9 Å². The molecule has 4 nitrogen and oxygen atoms in total. The first-order valence-electron chi connectivity index (χ1n) is 6.68. The summed E-state index contributed by atoms with van der Waals surface area (Å²) in [5.74, 6) is 0.0524. The first-order chi connectivity index (χ1) is 9.36. The number of aromatic nitrogens is 2. The van der Waals surface area contributed by atoms with Crippen molar-refractivity contribution in [3.63, 3.8) is 0 Å². The molecule has 3 rings (SSSR count). The van der Waals surface area contributed by atoms with Crippen molar-refractivity contribution >= 4 is 5.78 Å². The van der Waals surface area contributed by atoms with Gasteiger partial charge in [-0.1, -0.05) is 0 Å². The standard InChI is InChI=1S/C15H17N3O/c19-15(12-3-1-7-17-11-12)14-4-2-10-18(14)13-5-8-16-9-6-13/h1-4,7,10-11,13,16H,5-6,8-9H2. The van der Waals surface area contributed by atoms with Crippen molar-refractivity contribution in [2.24, 2.45) is 0 Å². The van der Waals surface area contributed by atoms with Gasteiger partial charge >= 0.3 is 0 Å². The van der Waals surface area contributed by atoms with Crippen molar-refractivity contribution in [3.05, 3.63) is 54.1 Å². The lowest BCUT2D eigenvalue weighted by molar-refractivity contribution is 0.102. The Balaban J connectivity index is 1.89. The van der Waals surface area contributed by atoms with Crippen molar-refractivity contribution in [2.45, 2.75) is 18.9 Å². The normalized spacial score (nSPS) is 16.4. The monoisotopic (exact) mass is 255 g/mol. The van der Waals surface area contributed by atoms with E-state index in [1.54, 1.807) is 18.5 Å². The third-order valence-corrected chi connectivity index (χ3v) is 3.64. The number of hydrogen-bond acceptors (Lipinski definition) is 3. The zero-order valence-corrected chi connectivity index (χ0v) is 10.7. The van der Waals surface area contributed by atoms with Crippen LogP contribution in [-0.4, -0.2) is 28.4 Å². The minimum Gasteiger partial charge on any atom is -0.342 e. The van der Waals surface area contributed by atoms with Gasteiger partial charge in [-0.05, 0) is 50.2 Å². The highest BCUT2D eigenvalue weighted by Gasteiger charge is 2.20. The fourth-order valence-electron chi connectivity index (χ4n) is 2.63. The maximum Gasteiger partial charge on any atom is 0.210 e. The summed E-state index contributed by atoms with van der Waals surface area (Å²) in [5, 5.41) is 3.35. The number of rotatable bonds is 3. The van der Waals surface area contributed by atoms with Crippen LogP contribution in [0, 0.1) is 0 Å². The summed E-state index contributed by atoms with van der Waals surface area (Å²) in [4.78, 5) is 16.5. The molecule has 3 heterocycles. The molecule has 0 unspecified atom stereocenters. The number of piperidine rings is 1. The van der Waals surface area contributed by atoms with Crippen LogP contribution >= 0.6 is 0 Å². The van der Waals surface area contributed by atoms with Crippen molar-refractivity contribution in [1.82, 2.24) is 14.9 Å². The van der Waals surface area contributed by atoms with Crippen LogP contribution in [-0.2, 0) is 0 Å². The van der Waals surface area contributed by atoms with Gasteiger partial charge in [0.2, 0.25) is 5.78 Å². The molecule has 0 saturated carbocycles. The fourth-order valence-corrected chi connectivity index (χ4v) is 2.63. The van der Waals surface area contributed by atoms with Gasteiger partial charge in [-0.15, -0.1) is 0 Å². The Labute approximate surface area is 112 Å². The number of nitrogens with one attached hydrogen (secondary N) is 1. The summed E-state index contributed by atoms with van der Waals surface area (Å²) in [6, 6.07) is 7.88. The summed E-state index contributed by atoms with van der Waals surface area (Å²) in [6.07, 6.45) is 7.47. The first kappa shape index (κ1) is 12.1. The van der Waals surface area contributed by atoms with Crippen molar-refractivity contribution in [3.8, 4) is 0 Å². The van der Waals surface area contributed by atoms with Crippen molar-refractivity contribution < 1.29 is 4.79 Å². The molecule has 0 atom stereocenters. The van der Waals surface area contributed by atoms with E-state index in [9.17, 15) is 4.79 Å². The van der Waals surface area contributed by atoms with E-state index >= 15 is 0 Å². The Morgan fingerprint density at radius 1 is 1.26 bits per heavy atom. The third kappa shape index (κ3) is 2.44. The van der Waals surface area contributed by atoms with E-state index < -0.39 is 0 Å². The molecule has 19 heavy (non-hydrogen) atoms. The van der Waals surface area contributed by atoms with E-state index in [2.05, 4.69) is 14.9 Å². The Morgan fingerprint density at radius 2 is 2.11 bits per heavy atom.